The molecule has 1 aromatic rings. The number of benzene rings is 1. The highest BCUT2D eigenvalue weighted by molar-refractivity contribution is 7.89. The van der Waals surface area contributed by atoms with Gasteiger partial charge in [-0.1, -0.05) is 13.3 Å². The van der Waals surface area contributed by atoms with Crippen molar-refractivity contribution in [2.75, 3.05) is 29.1 Å². The molecule has 1 aliphatic rings. The lowest BCUT2D eigenvalue weighted by molar-refractivity contribution is -0.120. The van der Waals surface area contributed by atoms with Gasteiger partial charge >= 0.3 is 0 Å². The number of carbonyl (C=O) groups is 1. The van der Waals surface area contributed by atoms with Crippen molar-refractivity contribution in [2.24, 2.45) is 0 Å². The quantitative estimate of drug-likeness (QED) is 0.732. The Hall–Kier alpha value is -1.60. The molecule has 1 heterocycles. The number of rotatable bonds is 8. The van der Waals surface area contributed by atoms with Crippen LogP contribution in [0.5, 0.6) is 0 Å². The Morgan fingerprint density at radius 2 is 1.89 bits per heavy atom. The molecule has 0 aliphatic carbocycles. The summed E-state index contributed by atoms with van der Waals surface area (Å²) >= 11 is 0. The summed E-state index contributed by atoms with van der Waals surface area (Å²) in [6, 6.07) is 7.53. The standard InChI is InChI=1S/C20H33N3O3S/c1-5-15-27(25,26)23-14-8-7-9-19(23)20(24)21-17-10-12-18(13-11-17)22(6-2)16(3)4/h10-13,16,19H,5-9,14-15H2,1-4H3,(H,21,24). The zero-order chi connectivity index (χ0) is 20.0. The number of nitrogens with one attached hydrogen (secondary N) is 1. The van der Waals surface area contributed by atoms with Gasteiger partial charge in [0.1, 0.15) is 6.04 Å². The number of hydrogen-bond donors (Lipinski definition) is 1. The van der Waals surface area contributed by atoms with Crippen LogP contribution in [0.25, 0.3) is 0 Å². The maximum absolute atomic E-state index is 12.8. The van der Waals surface area contributed by atoms with Crippen molar-refractivity contribution in [3.8, 4) is 0 Å². The SMILES string of the molecule is CCCS(=O)(=O)N1CCCCC1C(=O)Nc1ccc(N(CC)C(C)C)cc1. The maximum atomic E-state index is 12.8. The predicted molar refractivity (Wildman–Crippen MR) is 112 cm³/mol. The van der Waals surface area contributed by atoms with Crippen LogP contribution in [0.1, 0.15) is 53.4 Å². The summed E-state index contributed by atoms with van der Waals surface area (Å²) < 4.78 is 26.4. The predicted octanol–water partition coefficient (Wildman–Crippen LogP) is 3.45. The maximum Gasteiger partial charge on any atom is 0.242 e. The minimum Gasteiger partial charge on any atom is -0.369 e. The van der Waals surface area contributed by atoms with Gasteiger partial charge < -0.3 is 10.2 Å². The molecule has 1 atom stereocenters. The van der Waals surface area contributed by atoms with Gasteiger partial charge in [-0.15, -0.1) is 0 Å². The molecule has 0 saturated carbocycles. The summed E-state index contributed by atoms with van der Waals surface area (Å²) in [7, 11) is -3.38. The second-order valence-corrected chi connectivity index (χ2v) is 9.40. The number of anilines is 2. The summed E-state index contributed by atoms with van der Waals surface area (Å²) in [5.41, 5.74) is 1.80. The molecule has 0 aromatic heterocycles. The van der Waals surface area contributed by atoms with Gasteiger partial charge in [0.2, 0.25) is 15.9 Å². The molecule has 0 spiro atoms. The van der Waals surface area contributed by atoms with E-state index in [0.29, 0.717) is 31.1 Å². The van der Waals surface area contributed by atoms with Crippen molar-refractivity contribution < 1.29 is 13.2 Å². The molecule has 6 nitrogen and oxygen atoms in total. The van der Waals surface area contributed by atoms with E-state index in [1.54, 1.807) is 0 Å². The molecule has 1 saturated heterocycles. The Bertz CT molecular complexity index is 716. The third-order valence-electron chi connectivity index (χ3n) is 5.01. The molecular formula is C20H33N3O3S. The van der Waals surface area contributed by atoms with E-state index in [0.717, 1.165) is 25.1 Å². The van der Waals surface area contributed by atoms with Crippen LogP contribution in [0.3, 0.4) is 0 Å². The molecule has 1 aromatic carbocycles. The average Bonchev–Trinajstić information content (AvgIpc) is 2.63. The molecule has 0 radical (unpaired) electrons. The Kier molecular flexibility index (Phi) is 7.68. The van der Waals surface area contributed by atoms with Crippen LogP contribution in [0, 0.1) is 0 Å². The van der Waals surface area contributed by atoms with Crippen molar-refractivity contribution >= 4 is 27.3 Å². The van der Waals surface area contributed by atoms with Gasteiger partial charge in [0.15, 0.2) is 0 Å². The van der Waals surface area contributed by atoms with E-state index < -0.39 is 16.1 Å². The van der Waals surface area contributed by atoms with Gasteiger partial charge in [0.25, 0.3) is 0 Å². The number of hydrogen-bond acceptors (Lipinski definition) is 4. The number of piperidine rings is 1. The molecule has 0 bridgehead atoms. The third kappa shape index (κ3) is 5.45. The van der Waals surface area contributed by atoms with E-state index in [2.05, 4.69) is 31.0 Å². The minimum atomic E-state index is -3.38. The van der Waals surface area contributed by atoms with Crippen LogP contribution in [0.4, 0.5) is 11.4 Å². The lowest BCUT2D eigenvalue weighted by Crippen LogP contribution is -2.50. The smallest absolute Gasteiger partial charge is 0.242 e. The summed E-state index contributed by atoms with van der Waals surface area (Å²) in [6.45, 7) is 9.59. The lowest BCUT2D eigenvalue weighted by atomic mass is 10.0. The van der Waals surface area contributed by atoms with Gasteiger partial charge in [0, 0.05) is 30.5 Å². The molecular weight excluding hydrogens is 362 g/mol. The summed E-state index contributed by atoms with van der Waals surface area (Å²) in [5, 5.41) is 2.91. The first-order valence-corrected chi connectivity index (χ1v) is 11.6. The van der Waals surface area contributed by atoms with E-state index in [4.69, 9.17) is 0 Å². The fraction of sp³-hybridized carbons (Fsp3) is 0.650. The van der Waals surface area contributed by atoms with E-state index in [1.807, 2.05) is 31.2 Å². The number of carbonyl (C=O) groups excluding carboxylic acids is 1. The molecule has 2 rings (SSSR count). The molecule has 1 aliphatic heterocycles. The van der Waals surface area contributed by atoms with Gasteiger partial charge in [0.05, 0.1) is 5.75 Å². The van der Waals surface area contributed by atoms with Crippen LogP contribution in [-0.4, -0.2) is 49.6 Å². The molecule has 152 valence electrons. The summed E-state index contributed by atoms with van der Waals surface area (Å²) in [4.78, 5) is 15.1. The van der Waals surface area contributed by atoms with Crippen LogP contribution in [0.15, 0.2) is 24.3 Å². The second-order valence-electron chi connectivity index (χ2n) is 7.35. The van der Waals surface area contributed by atoms with Gasteiger partial charge in [-0.2, -0.15) is 4.31 Å². The molecule has 1 unspecified atom stereocenters. The van der Waals surface area contributed by atoms with Crippen molar-refractivity contribution in [2.45, 2.75) is 65.5 Å². The fourth-order valence-corrected chi connectivity index (χ4v) is 5.43. The van der Waals surface area contributed by atoms with Crippen molar-refractivity contribution in [3.63, 3.8) is 0 Å². The molecule has 7 heteroatoms. The average molecular weight is 396 g/mol. The van der Waals surface area contributed by atoms with Gasteiger partial charge in [-0.3, -0.25) is 4.79 Å². The first-order chi connectivity index (χ1) is 12.8. The van der Waals surface area contributed by atoms with E-state index in [-0.39, 0.29) is 11.7 Å². The van der Waals surface area contributed by atoms with E-state index in [9.17, 15) is 13.2 Å². The first kappa shape index (κ1) is 21.7. The number of amides is 1. The monoisotopic (exact) mass is 395 g/mol. The Labute approximate surface area is 164 Å². The van der Waals surface area contributed by atoms with Crippen LogP contribution < -0.4 is 10.2 Å². The van der Waals surface area contributed by atoms with Crippen LogP contribution in [-0.2, 0) is 14.8 Å². The van der Waals surface area contributed by atoms with E-state index in [1.165, 1.54) is 4.31 Å². The Balaban J connectivity index is 2.11. The van der Waals surface area contributed by atoms with Crippen molar-refractivity contribution in [1.29, 1.82) is 0 Å². The molecule has 1 fully saturated rings. The highest BCUT2D eigenvalue weighted by Gasteiger charge is 2.36. The molecule has 1 N–H and O–H groups in total. The zero-order valence-corrected chi connectivity index (χ0v) is 17.8. The lowest BCUT2D eigenvalue weighted by Gasteiger charge is -2.33. The number of nitrogens with zero attached hydrogens (tertiary/aromatic N) is 2. The van der Waals surface area contributed by atoms with Crippen molar-refractivity contribution in [1.82, 2.24) is 4.31 Å². The molecule has 1 amide bonds. The topological polar surface area (TPSA) is 69.7 Å². The second kappa shape index (κ2) is 9.55. The Morgan fingerprint density at radius 3 is 2.44 bits per heavy atom. The largest absolute Gasteiger partial charge is 0.369 e. The van der Waals surface area contributed by atoms with Crippen molar-refractivity contribution in [3.05, 3.63) is 24.3 Å². The zero-order valence-electron chi connectivity index (χ0n) is 16.9. The third-order valence-corrected chi connectivity index (χ3v) is 7.08. The fourth-order valence-electron chi connectivity index (χ4n) is 3.68. The highest BCUT2D eigenvalue weighted by Crippen LogP contribution is 2.24. The van der Waals surface area contributed by atoms with Crippen LogP contribution >= 0.6 is 0 Å². The number of sulfonamides is 1. The first-order valence-electron chi connectivity index (χ1n) is 9.97. The highest BCUT2D eigenvalue weighted by atomic mass is 32.2. The minimum absolute atomic E-state index is 0.0908. The summed E-state index contributed by atoms with van der Waals surface area (Å²) in [6.07, 6.45) is 2.81. The van der Waals surface area contributed by atoms with Crippen LogP contribution in [0.2, 0.25) is 0 Å². The van der Waals surface area contributed by atoms with E-state index >= 15 is 0 Å². The normalized spacial score (nSPS) is 18.5. The molecule has 27 heavy (non-hydrogen) atoms. The Morgan fingerprint density at radius 1 is 1.22 bits per heavy atom. The van der Waals surface area contributed by atoms with Gasteiger partial charge in [-0.25, -0.2) is 8.42 Å². The van der Waals surface area contributed by atoms with Gasteiger partial charge in [-0.05, 0) is 64.3 Å². The summed E-state index contributed by atoms with van der Waals surface area (Å²) in [5.74, 6) is -0.147.